The van der Waals surface area contributed by atoms with Gasteiger partial charge in [-0.05, 0) is 38.4 Å². The molecule has 0 aromatic heterocycles. The summed E-state index contributed by atoms with van der Waals surface area (Å²) in [4.78, 5) is 0. The van der Waals surface area contributed by atoms with Gasteiger partial charge < -0.3 is 10.1 Å². The van der Waals surface area contributed by atoms with Crippen LogP contribution in [0.1, 0.15) is 37.7 Å². The predicted molar refractivity (Wildman–Crippen MR) is 71.8 cm³/mol. The van der Waals surface area contributed by atoms with E-state index < -0.39 is 11.7 Å². The second kappa shape index (κ2) is 6.48. The van der Waals surface area contributed by atoms with Crippen LogP contribution in [0.5, 0.6) is 5.75 Å². The summed E-state index contributed by atoms with van der Waals surface area (Å²) in [6.45, 7) is 0. The Hall–Kier alpha value is -1.23. The molecule has 0 spiro atoms. The third kappa shape index (κ3) is 3.66. The number of rotatable bonds is 3. The number of benzene rings is 1. The number of hydrogen-bond acceptors (Lipinski definition) is 2. The second-order valence-electron chi connectivity index (χ2n) is 5.18. The molecule has 0 amide bonds. The fourth-order valence-electron chi connectivity index (χ4n) is 2.71. The zero-order valence-electron chi connectivity index (χ0n) is 11.5. The first kappa shape index (κ1) is 15.2. The average molecular weight is 287 g/mol. The average Bonchev–Trinajstić information content (AvgIpc) is 2.63. The first-order valence-corrected chi connectivity index (χ1v) is 7.02. The molecule has 2 unspecified atom stereocenters. The predicted octanol–water partition coefficient (Wildman–Crippen LogP) is 4.00. The molecule has 5 heteroatoms. The lowest BCUT2D eigenvalue weighted by Gasteiger charge is -2.27. The van der Waals surface area contributed by atoms with Gasteiger partial charge in [-0.15, -0.1) is 0 Å². The second-order valence-corrected chi connectivity index (χ2v) is 5.18. The van der Waals surface area contributed by atoms with Gasteiger partial charge in [0.1, 0.15) is 11.9 Å². The fraction of sp³-hybridized carbons (Fsp3) is 0.600. The first-order chi connectivity index (χ1) is 9.52. The molecule has 2 rings (SSSR count). The van der Waals surface area contributed by atoms with E-state index in [-0.39, 0.29) is 17.9 Å². The maximum absolute atomic E-state index is 13.0. The molecule has 0 radical (unpaired) electrons. The zero-order valence-corrected chi connectivity index (χ0v) is 11.5. The van der Waals surface area contributed by atoms with Crippen molar-refractivity contribution in [3.8, 4) is 5.75 Å². The standard InChI is InChI=1S/C15H20F3NO/c1-19-12-8-3-2-4-10-14(12)20-13-9-6-5-7-11(13)15(16,17)18/h5-7,9,12,14,19H,2-4,8,10H2,1H3. The van der Waals surface area contributed by atoms with Crippen molar-refractivity contribution in [2.24, 2.45) is 0 Å². The molecule has 1 aromatic rings. The summed E-state index contributed by atoms with van der Waals surface area (Å²) >= 11 is 0. The molecule has 0 saturated heterocycles. The number of hydrogen-bond donors (Lipinski definition) is 1. The van der Waals surface area contributed by atoms with Gasteiger partial charge in [0.15, 0.2) is 0 Å². The van der Waals surface area contributed by atoms with E-state index in [0.717, 1.165) is 38.2 Å². The highest BCUT2D eigenvalue weighted by atomic mass is 19.4. The van der Waals surface area contributed by atoms with Crippen molar-refractivity contribution in [3.63, 3.8) is 0 Å². The number of alkyl halides is 3. The molecule has 2 atom stereocenters. The van der Waals surface area contributed by atoms with E-state index >= 15 is 0 Å². The summed E-state index contributed by atoms with van der Waals surface area (Å²) in [5.41, 5.74) is -0.695. The van der Waals surface area contributed by atoms with E-state index in [1.54, 1.807) is 6.07 Å². The van der Waals surface area contributed by atoms with Crippen molar-refractivity contribution in [2.75, 3.05) is 7.05 Å². The Bertz CT molecular complexity index is 433. The SMILES string of the molecule is CNC1CCCCCC1Oc1ccccc1C(F)(F)F. The van der Waals surface area contributed by atoms with Crippen LogP contribution in [-0.4, -0.2) is 19.2 Å². The molecule has 1 aromatic carbocycles. The molecule has 2 nitrogen and oxygen atoms in total. The topological polar surface area (TPSA) is 21.3 Å². The van der Waals surface area contributed by atoms with Gasteiger partial charge >= 0.3 is 6.18 Å². The number of nitrogens with one attached hydrogen (secondary N) is 1. The quantitative estimate of drug-likeness (QED) is 0.848. The van der Waals surface area contributed by atoms with Crippen LogP contribution in [0.2, 0.25) is 0 Å². The Labute approximate surface area is 117 Å². The molecule has 0 bridgehead atoms. The molecule has 1 aliphatic rings. The minimum absolute atomic E-state index is 0.0628. The summed E-state index contributed by atoms with van der Waals surface area (Å²) in [5, 5.41) is 3.17. The fourth-order valence-corrected chi connectivity index (χ4v) is 2.71. The van der Waals surface area contributed by atoms with E-state index in [1.165, 1.54) is 12.1 Å². The minimum atomic E-state index is -4.38. The molecular weight excluding hydrogens is 267 g/mol. The number of likely N-dealkylation sites (N-methyl/N-ethyl adjacent to an activating group) is 1. The zero-order chi connectivity index (χ0) is 14.6. The van der Waals surface area contributed by atoms with Crippen molar-refractivity contribution in [2.45, 2.75) is 50.4 Å². The van der Waals surface area contributed by atoms with Gasteiger partial charge in [-0.2, -0.15) is 13.2 Å². The Kier molecular flexibility index (Phi) is 4.91. The van der Waals surface area contributed by atoms with Crippen LogP contribution in [0.25, 0.3) is 0 Å². The molecule has 1 fully saturated rings. The van der Waals surface area contributed by atoms with Crippen LogP contribution in [0.4, 0.5) is 13.2 Å². The summed E-state index contributed by atoms with van der Waals surface area (Å²) in [6, 6.07) is 5.55. The van der Waals surface area contributed by atoms with Gasteiger partial charge in [0.25, 0.3) is 0 Å². The van der Waals surface area contributed by atoms with Crippen LogP contribution in [0.3, 0.4) is 0 Å². The van der Waals surface area contributed by atoms with Crippen LogP contribution in [-0.2, 0) is 6.18 Å². The van der Waals surface area contributed by atoms with Crippen molar-refractivity contribution in [3.05, 3.63) is 29.8 Å². The smallest absolute Gasteiger partial charge is 0.419 e. The van der Waals surface area contributed by atoms with Gasteiger partial charge in [0, 0.05) is 6.04 Å². The largest absolute Gasteiger partial charge is 0.488 e. The summed E-state index contributed by atoms with van der Waals surface area (Å²) in [7, 11) is 1.84. The Morgan fingerprint density at radius 3 is 2.50 bits per heavy atom. The highest BCUT2D eigenvalue weighted by molar-refractivity contribution is 5.35. The normalized spacial score (nSPS) is 24.2. The molecule has 1 saturated carbocycles. The van der Waals surface area contributed by atoms with Gasteiger partial charge in [-0.1, -0.05) is 25.0 Å². The Morgan fingerprint density at radius 1 is 1.10 bits per heavy atom. The van der Waals surface area contributed by atoms with Crippen molar-refractivity contribution in [1.29, 1.82) is 0 Å². The lowest BCUT2D eigenvalue weighted by atomic mass is 10.1. The van der Waals surface area contributed by atoms with Gasteiger partial charge in [0.2, 0.25) is 0 Å². The van der Waals surface area contributed by atoms with Crippen molar-refractivity contribution < 1.29 is 17.9 Å². The molecular formula is C15H20F3NO. The van der Waals surface area contributed by atoms with Crippen LogP contribution < -0.4 is 10.1 Å². The third-order valence-electron chi connectivity index (χ3n) is 3.79. The molecule has 20 heavy (non-hydrogen) atoms. The minimum Gasteiger partial charge on any atom is -0.488 e. The highest BCUT2D eigenvalue weighted by Gasteiger charge is 2.35. The molecule has 112 valence electrons. The van der Waals surface area contributed by atoms with Gasteiger partial charge in [-0.3, -0.25) is 0 Å². The molecule has 0 heterocycles. The Balaban J connectivity index is 2.20. The van der Waals surface area contributed by atoms with Crippen molar-refractivity contribution in [1.82, 2.24) is 5.32 Å². The Morgan fingerprint density at radius 2 is 1.80 bits per heavy atom. The third-order valence-corrected chi connectivity index (χ3v) is 3.79. The highest BCUT2D eigenvalue weighted by Crippen LogP contribution is 2.37. The molecule has 1 aliphatic carbocycles. The van der Waals surface area contributed by atoms with Crippen LogP contribution >= 0.6 is 0 Å². The van der Waals surface area contributed by atoms with E-state index in [2.05, 4.69) is 5.32 Å². The van der Waals surface area contributed by atoms with Crippen LogP contribution in [0.15, 0.2) is 24.3 Å². The van der Waals surface area contributed by atoms with E-state index in [9.17, 15) is 13.2 Å². The van der Waals surface area contributed by atoms with Gasteiger partial charge in [-0.25, -0.2) is 0 Å². The molecule has 0 aliphatic heterocycles. The number of halogens is 3. The summed E-state index contributed by atoms with van der Waals surface area (Å²) < 4.78 is 44.6. The number of ether oxygens (including phenoxy) is 1. The maximum Gasteiger partial charge on any atom is 0.419 e. The first-order valence-electron chi connectivity index (χ1n) is 7.02. The van der Waals surface area contributed by atoms with Crippen molar-refractivity contribution >= 4 is 0 Å². The monoisotopic (exact) mass is 287 g/mol. The lowest BCUT2D eigenvalue weighted by Crippen LogP contribution is -2.40. The van der Waals surface area contributed by atoms with Crippen LogP contribution in [0, 0.1) is 0 Å². The van der Waals surface area contributed by atoms with E-state index in [0.29, 0.717) is 0 Å². The van der Waals surface area contributed by atoms with E-state index in [4.69, 9.17) is 4.74 Å². The van der Waals surface area contributed by atoms with E-state index in [1.807, 2.05) is 7.05 Å². The van der Waals surface area contributed by atoms with Gasteiger partial charge in [0.05, 0.1) is 5.56 Å². The summed E-state index contributed by atoms with van der Waals surface area (Å²) in [6.07, 6.45) is 0.345. The molecule has 1 N–H and O–H groups in total. The summed E-state index contributed by atoms with van der Waals surface area (Å²) in [5.74, 6) is -0.0628. The number of para-hydroxylation sites is 1. The maximum atomic E-state index is 13.0. The lowest BCUT2D eigenvalue weighted by molar-refractivity contribution is -0.139.